The number of methoxy groups -OCH3 is 2. The van der Waals surface area contributed by atoms with Crippen LogP contribution in [0.3, 0.4) is 0 Å². The molecule has 9 nitrogen and oxygen atoms in total. The van der Waals surface area contributed by atoms with E-state index < -0.39 is 15.9 Å². The fourth-order valence-corrected chi connectivity index (χ4v) is 3.37. The molecule has 1 aromatic heterocycles. The molecule has 3 aromatic rings. The minimum atomic E-state index is -3.98. The lowest BCUT2D eigenvalue weighted by molar-refractivity contribution is 0.102. The highest BCUT2D eigenvalue weighted by atomic mass is 32.2. The summed E-state index contributed by atoms with van der Waals surface area (Å²) in [6.07, 6.45) is 2.79. The zero-order chi connectivity index (χ0) is 20.9. The normalized spacial score (nSPS) is 10.8. The topological polar surface area (TPSA) is 122 Å². The SMILES string of the molecule is COc1cccc(OC)c1C(=O)Nc1ccc(S(=O)(=O)[N-]c2ncccn2)cc1. The molecule has 150 valence electrons. The van der Waals surface area contributed by atoms with Crippen LogP contribution in [0.15, 0.2) is 65.8 Å². The first-order valence-corrected chi connectivity index (χ1v) is 9.76. The summed E-state index contributed by atoms with van der Waals surface area (Å²) >= 11 is 0. The number of hydrogen-bond donors (Lipinski definition) is 1. The van der Waals surface area contributed by atoms with Crippen LogP contribution in [0.2, 0.25) is 0 Å². The van der Waals surface area contributed by atoms with Crippen molar-refractivity contribution in [1.29, 1.82) is 0 Å². The van der Waals surface area contributed by atoms with Crippen LogP contribution in [0.4, 0.5) is 11.6 Å². The van der Waals surface area contributed by atoms with Gasteiger partial charge in [-0.15, -0.1) is 0 Å². The third-order valence-corrected chi connectivity index (χ3v) is 5.09. The Kier molecular flexibility index (Phi) is 5.93. The van der Waals surface area contributed by atoms with E-state index in [1.54, 1.807) is 24.3 Å². The molecule has 0 aliphatic heterocycles. The summed E-state index contributed by atoms with van der Waals surface area (Å²) < 4.78 is 38.7. The number of carbonyl (C=O) groups is 1. The quantitative estimate of drug-likeness (QED) is 0.631. The predicted octanol–water partition coefficient (Wildman–Crippen LogP) is 3.14. The van der Waals surface area contributed by atoms with Gasteiger partial charge in [0.2, 0.25) is 10.0 Å². The zero-order valence-electron chi connectivity index (χ0n) is 15.6. The standard InChI is InChI=1S/C19H18N4O5S/c1-27-15-5-3-6-16(28-2)17(15)18(24)22-13-7-9-14(10-8-13)29(25,26)23-19-20-11-4-12-21-19/h3-12H,1-2H3,(H2,20,21,22,23,24)/p-1. The number of ether oxygens (including phenoxy) is 2. The summed E-state index contributed by atoms with van der Waals surface area (Å²) in [6.45, 7) is 0. The van der Waals surface area contributed by atoms with Crippen molar-refractivity contribution in [2.24, 2.45) is 0 Å². The molecule has 0 atom stereocenters. The fraction of sp³-hybridized carbons (Fsp3) is 0.105. The first-order chi connectivity index (χ1) is 13.9. The van der Waals surface area contributed by atoms with E-state index in [1.807, 2.05) is 0 Å². The highest BCUT2D eigenvalue weighted by Crippen LogP contribution is 2.29. The number of aromatic nitrogens is 2. The summed E-state index contributed by atoms with van der Waals surface area (Å²) in [5.41, 5.74) is 0.614. The van der Waals surface area contributed by atoms with Crippen LogP contribution < -0.4 is 14.8 Å². The Morgan fingerprint density at radius 1 is 0.931 bits per heavy atom. The molecule has 0 aliphatic carbocycles. The molecule has 0 saturated carbocycles. The Morgan fingerprint density at radius 2 is 1.52 bits per heavy atom. The van der Waals surface area contributed by atoms with Crippen molar-refractivity contribution in [2.45, 2.75) is 4.90 Å². The van der Waals surface area contributed by atoms with Gasteiger partial charge in [-0.25, -0.2) is 8.42 Å². The smallest absolute Gasteiger partial charge is 0.263 e. The van der Waals surface area contributed by atoms with Gasteiger partial charge in [-0.2, -0.15) is 0 Å². The average Bonchev–Trinajstić information content (AvgIpc) is 2.73. The third-order valence-electron chi connectivity index (χ3n) is 3.82. The maximum Gasteiger partial charge on any atom is 0.263 e. The number of benzene rings is 2. The predicted molar refractivity (Wildman–Crippen MR) is 106 cm³/mol. The Bertz CT molecular complexity index is 1080. The van der Waals surface area contributed by atoms with Crippen molar-refractivity contribution in [3.05, 3.63) is 71.2 Å². The molecule has 0 fully saturated rings. The van der Waals surface area contributed by atoms with E-state index in [2.05, 4.69) is 20.0 Å². The van der Waals surface area contributed by atoms with Crippen LogP contribution in [-0.2, 0) is 10.0 Å². The van der Waals surface area contributed by atoms with Crippen molar-refractivity contribution in [2.75, 3.05) is 19.5 Å². The van der Waals surface area contributed by atoms with E-state index in [0.29, 0.717) is 17.2 Å². The van der Waals surface area contributed by atoms with Gasteiger partial charge in [0.25, 0.3) is 5.91 Å². The fourth-order valence-electron chi connectivity index (χ4n) is 2.48. The molecule has 1 heterocycles. The molecule has 0 unspecified atom stereocenters. The molecule has 0 radical (unpaired) electrons. The van der Waals surface area contributed by atoms with Gasteiger partial charge >= 0.3 is 0 Å². The van der Waals surface area contributed by atoms with Crippen molar-refractivity contribution in [1.82, 2.24) is 9.97 Å². The number of amides is 1. The van der Waals surface area contributed by atoms with Crippen molar-refractivity contribution < 1.29 is 22.7 Å². The second-order valence-electron chi connectivity index (χ2n) is 5.63. The Labute approximate surface area is 167 Å². The van der Waals surface area contributed by atoms with Crippen LogP contribution in [0.5, 0.6) is 11.5 Å². The summed E-state index contributed by atoms with van der Waals surface area (Å²) in [6, 6.07) is 12.1. The van der Waals surface area contributed by atoms with Gasteiger partial charge < -0.3 is 24.8 Å². The maximum absolute atomic E-state index is 12.7. The monoisotopic (exact) mass is 413 g/mol. The second-order valence-corrected chi connectivity index (χ2v) is 7.24. The van der Waals surface area contributed by atoms with Crippen LogP contribution in [0, 0.1) is 0 Å². The lowest BCUT2D eigenvalue weighted by Crippen LogP contribution is -2.14. The van der Waals surface area contributed by atoms with Crippen molar-refractivity contribution in [3.8, 4) is 11.5 Å². The molecule has 1 N–H and O–H groups in total. The number of hydrogen-bond acceptors (Lipinski definition) is 7. The molecular formula is C19H17N4O5S-. The first-order valence-electron chi connectivity index (χ1n) is 8.32. The summed E-state index contributed by atoms with van der Waals surface area (Å²) in [5.74, 6) is 0.0795. The molecule has 29 heavy (non-hydrogen) atoms. The Morgan fingerprint density at radius 3 is 2.07 bits per heavy atom. The van der Waals surface area contributed by atoms with Gasteiger partial charge in [-0.05, 0) is 48.8 Å². The van der Waals surface area contributed by atoms with E-state index in [9.17, 15) is 13.2 Å². The summed E-state index contributed by atoms with van der Waals surface area (Å²) in [7, 11) is -1.09. The molecule has 1 amide bonds. The van der Waals surface area contributed by atoms with Crippen LogP contribution in [0.25, 0.3) is 4.72 Å². The summed E-state index contributed by atoms with van der Waals surface area (Å²) in [5, 5.41) is 2.69. The van der Waals surface area contributed by atoms with E-state index >= 15 is 0 Å². The lowest BCUT2D eigenvalue weighted by Gasteiger charge is -2.14. The number of nitrogens with zero attached hydrogens (tertiary/aromatic N) is 3. The van der Waals surface area contributed by atoms with Crippen LogP contribution >= 0.6 is 0 Å². The number of rotatable bonds is 7. The molecule has 3 rings (SSSR count). The van der Waals surface area contributed by atoms with E-state index in [0.717, 1.165) is 0 Å². The average molecular weight is 413 g/mol. The highest BCUT2D eigenvalue weighted by Gasteiger charge is 2.19. The van der Waals surface area contributed by atoms with E-state index in [4.69, 9.17) is 9.47 Å². The molecule has 0 bridgehead atoms. The Balaban J connectivity index is 1.78. The lowest BCUT2D eigenvalue weighted by atomic mass is 10.1. The van der Waals surface area contributed by atoms with E-state index in [-0.39, 0.29) is 16.4 Å². The van der Waals surface area contributed by atoms with Crippen LogP contribution in [0.1, 0.15) is 10.4 Å². The molecule has 10 heteroatoms. The highest BCUT2D eigenvalue weighted by molar-refractivity contribution is 7.94. The minimum Gasteiger partial charge on any atom is -0.496 e. The molecule has 0 spiro atoms. The first kappa shape index (κ1) is 20.1. The molecule has 0 saturated heterocycles. The zero-order valence-corrected chi connectivity index (χ0v) is 16.4. The van der Waals surface area contributed by atoms with Gasteiger partial charge in [-0.3, -0.25) is 9.52 Å². The van der Waals surface area contributed by atoms with Gasteiger partial charge in [0.05, 0.1) is 19.1 Å². The number of anilines is 1. The van der Waals surface area contributed by atoms with Gasteiger partial charge in [0.1, 0.15) is 17.1 Å². The largest absolute Gasteiger partial charge is 0.496 e. The minimum absolute atomic E-state index is 0.0576. The molecule has 2 aromatic carbocycles. The molecule has 0 aliphatic rings. The van der Waals surface area contributed by atoms with Gasteiger partial charge in [0, 0.05) is 11.6 Å². The third kappa shape index (κ3) is 4.61. The van der Waals surface area contributed by atoms with Crippen molar-refractivity contribution >= 4 is 27.6 Å². The number of carbonyl (C=O) groups excluding carboxylic acids is 1. The number of nitrogens with one attached hydrogen (secondary N) is 1. The Hall–Kier alpha value is -3.66. The molecular weight excluding hydrogens is 396 g/mol. The van der Waals surface area contributed by atoms with Gasteiger partial charge in [-0.1, -0.05) is 12.1 Å². The summed E-state index contributed by atoms with van der Waals surface area (Å²) in [4.78, 5) is 20.2. The maximum atomic E-state index is 12.7. The number of sulfonamides is 1. The second kappa shape index (κ2) is 8.57. The van der Waals surface area contributed by atoms with Crippen LogP contribution in [-0.4, -0.2) is 38.5 Å². The van der Waals surface area contributed by atoms with Gasteiger partial charge in [0.15, 0.2) is 0 Å². The van der Waals surface area contributed by atoms with E-state index in [1.165, 1.54) is 50.9 Å². The van der Waals surface area contributed by atoms with Crippen molar-refractivity contribution in [3.63, 3.8) is 0 Å².